The molecule has 0 radical (unpaired) electrons. The van der Waals surface area contributed by atoms with Crippen LogP contribution in [-0.4, -0.2) is 39.6 Å². The van der Waals surface area contributed by atoms with Gasteiger partial charge in [0.05, 0.1) is 18.6 Å². The number of carbonyl (C=O) groups excluding carboxylic acids is 1. The highest BCUT2D eigenvalue weighted by atomic mass is 32.2. The molecule has 1 aromatic carbocycles. The minimum atomic E-state index is 0.0123. The lowest BCUT2D eigenvalue weighted by molar-refractivity contribution is -0.119. The highest BCUT2D eigenvalue weighted by Gasteiger charge is 2.14. The highest BCUT2D eigenvalue weighted by molar-refractivity contribution is 7.99. The van der Waals surface area contributed by atoms with Crippen molar-refractivity contribution in [2.24, 2.45) is 0 Å². The van der Waals surface area contributed by atoms with Crippen molar-refractivity contribution < 1.29 is 9.53 Å². The Bertz CT molecular complexity index is 641. The molecular weight excluding hydrogens is 312 g/mol. The molecule has 0 aliphatic carbocycles. The second-order valence-corrected chi connectivity index (χ2v) is 5.97. The number of para-hydroxylation sites is 2. The summed E-state index contributed by atoms with van der Waals surface area (Å²) >= 11 is 1.36. The number of rotatable bonds is 8. The molecule has 23 heavy (non-hydrogen) atoms. The Morgan fingerprint density at radius 2 is 2.09 bits per heavy atom. The Balaban J connectivity index is 2.06. The number of hydrogen-bond donors (Lipinski definition) is 1. The van der Waals surface area contributed by atoms with E-state index in [0.29, 0.717) is 10.9 Å². The number of ether oxygens (including phenoxy) is 1. The standard InChI is InChI=1S/C16H22N4O2S/c1-4-12(5-2)18-15(21)10-23-16-19-17-11-20(16)13-8-6-7-9-14(13)22-3/h6-9,11-12H,4-5,10H2,1-3H3,(H,18,21). The average Bonchev–Trinajstić information content (AvgIpc) is 3.06. The van der Waals surface area contributed by atoms with Gasteiger partial charge in [0.2, 0.25) is 5.91 Å². The number of hydrogen-bond acceptors (Lipinski definition) is 5. The van der Waals surface area contributed by atoms with Crippen LogP contribution in [0.3, 0.4) is 0 Å². The van der Waals surface area contributed by atoms with Gasteiger partial charge in [-0.05, 0) is 25.0 Å². The number of amides is 1. The van der Waals surface area contributed by atoms with Crippen molar-refractivity contribution in [2.45, 2.75) is 37.9 Å². The Morgan fingerprint density at radius 1 is 1.35 bits per heavy atom. The van der Waals surface area contributed by atoms with Gasteiger partial charge in [0.15, 0.2) is 5.16 Å². The summed E-state index contributed by atoms with van der Waals surface area (Å²) in [5, 5.41) is 11.7. The molecule has 1 N–H and O–H groups in total. The maximum Gasteiger partial charge on any atom is 0.230 e. The van der Waals surface area contributed by atoms with E-state index in [-0.39, 0.29) is 11.9 Å². The van der Waals surface area contributed by atoms with Crippen LogP contribution in [0.2, 0.25) is 0 Å². The molecule has 6 nitrogen and oxygen atoms in total. The quantitative estimate of drug-likeness (QED) is 0.752. The summed E-state index contributed by atoms with van der Waals surface area (Å²) in [6.45, 7) is 4.14. The number of methoxy groups -OCH3 is 1. The third-order valence-electron chi connectivity index (χ3n) is 3.54. The van der Waals surface area contributed by atoms with Gasteiger partial charge in [-0.25, -0.2) is 0 Å². The average molecular weight is 334 g/mol. The summed E-state index contributed by atoms with van der Waals surface area (Å²) in [6, 6.07) is 7.87. The smallest absolute Gasteiger partial charge is 0.230 e. The summed E-state index contributed by atoms with van der Waals surface area (Å²) < 4.78 is 7.19. The normalized spacial score (nSPS) is 10.8. The van der Waals surface area contributed by atoms with Gasteiger partial charge in [-0.2, -0.15) is 0 Å². The largest absolute Gasteiger partial charge is 0.495 e. The number of benzene rings is 1. The molecule has 1 aromatic heterocycles. The molecule has 7 heteroatoms. The van der Waals surface area contributed by atoms with E-state index in [0.717, 1.165) is 24.3 Å². The van der Waals surface area contributed by atoms with Gasteiger partial charge >= 0.3 is 0 Å². The van der Waals surface area contributed by atoms with E-state index >= 15 is 0 Å². The number of carbonyl (C=O) groups is 1. The van der Waals surface area contributed by atoms with E-state index < -0.39 is 0 Å². The van der Waals surface area contributed by atoms with E-state index in [1.807, 2.05) is 28.8 Å². The molecule has 0 aliphatic heterocycles. The molecule has 0 bridgehead atoms. The minimum Gasteiger partial charge on any atom is -0.495 e. The SMILES string of the molecule is CCC(CC)NC(=O)CSc1nncn1-c1ccccc1OC. The highest BCUT2D eigenvalue weighted by Crippen LogP contribution is 2.26. The molecule has 2 aromatic rings. The zero-order chi connectivity index (χ0) is 16.7. The molecule has 1 heterocycles. The molecule has 0 aliphatic rings. The van der Waals surface area contributed by atoms with Crippen LogP contribution in [0.25, 0.3) is 5.69 Å². The van der Waals surface area contributed by atoms with Gasteiger partial charge in [0.25, 0.3) is 0 Å². The topological polar surface area (TPSA) is 69.0 Å². The van der Waals surface area contributed by atoms with E-state index in [1.54, 1.807) is 13.4 Å². The summed E-state index contributed by atoms with van der Waals surface area (Å²) in [6.07, 6.45) is 3.49. The van der Waals surface area contributed by atoms with Crippen molar-refractivity contribution in [3.05, 3.63) is 30.6 Å². The van der Waals surface area contributed by atoms with Crippen LogP contribution in [0.4, 0.5) is 0 Å². The van der Waals surface area contributed by atoms with Crippen molar-refractivity contribution in [3.8, 4) is 11.4 Å². The van der Waals surface area contributed by atoms with Gasteiger partial charge in [-0.3, -0.25) is 9.36 Å². The van der Waals surface area contributed by atoms with Crippen LogP contribution in [0.1, 0.15) is 26.7 Å². The minimum absolute atomic E-state index is 0.0123. The summed E-state index contributed by atoms with van der Waals surface area (Å²) in [7, 11) is 1.62. The molecule has 2 rings (SSSR count). The first-order valence-corrected chi connectivity index (χ1v) is 8.63. The summed E-state index contributed by atoms with van der Waals surface area (Å²) in [5.41, 5.74) is 0.850. The molecule has 0 saturated heterocycles. The van der Waals surface area contributed by atoms with Gasteiger partial charge in [-0.1, -0.05) is 37.7 Å². The Labute approximate surface area is 140 Å². The van der Waals surface area contributed by atoms with Crippen LogP contribution in [0.15, 0.2) is 35.7 Å². The van der Waals surface area contributed by atoms with Crippen LogP contribution in [-0.2, 0) is 4.79 Å². The number of thioether (sulfide) groups is 1. The predicted octanol–water partition coefficient (Wildman–Crippen LogP) is 2.67. The van der Waals surface area contributed by atoms with Gasteiger partial charge in [0.1, 0.15) is 12.1 Å². The van der Waals surface area contributed by atoms with Gasteiger partial charge in [-0.15, -0.1) is 10.2 Å². The lowest BCUT2D eigenvalue weighted by Gasteiger charge is -2.14. The maximum atomic E-state index is 12.0. The van der Waals surface area contributed by atoms with Crippen molar-refractivity contribution in [3.63, 3.8) is 0 Å². The third kappa shape index (κ3) is 4.48. The number of nitrogens with zero attached hydrogens (tertiary/aromatic N) is 3. The Morgan fingerprint density at radius 3 is 2.78 bits per heavy atom. The molecule has 0 saturated carbocycles. The monoisotopic (exact) mass is 334 g/mol. The van der Waals surface area contributed by atoms with Gasteiger partial charge in [0, 0.05) is 6.04 Å². The molecule has 0 unspecified atom stereocenters. The van der Waals surface area contributed by atoms with Crippen molar-refractivity contribution in [1.29, 1.82) is 0 Å². The summed E-state index contributed by atoms with van der Waals surface area (Å²) in [4.78, 5) is 12.0. The molecule has 0 fully saturated rings. The fraction of sp³-hybridized carbons (Fsp3) is 0.438. The second kappa shape index (κ2) is 8.57. The Kier molecular flexibility index (Phi) is 6.46. The third-order valence-corrected chi connectivity index (χ3v) is 4.49. The number of nitrogens with one attached hydrogen (secondary N) is 1. The second-order valence-electron chi connectivity index (χ2n) is 5.02. The van der Waals surface area contributed by atoms with E-state index in [1.165, 1.54) is 11.8 Å². The summed E-state index contributed by atoms with van der Waals surface area (Å²) in [5.74, 6) is 1.05. The first-order valence-electron chi connectivity index (χ1n) is 7.65. The van der Waals surface area contributed by atoms with E-state index in [2.05, 4.69) is 29.4 Å². The molecular formula is C16H22N4O2S. The zero-order valence-electron chi connectivity index (χ0n) is 13.7. The van der Waals surface area contributed by atoms with E-state index in [4.69, 9.17) is 4.74 Å². The first-order chi connectivity index (χ1) is 11.2. The van der Waals surface area contributed by atoms with Crippen LogP contribution in [0.5, 0.6) is 5.75 Å². The fourth-order valence-electron chi connectivity index (χ4n) is 2.21. The predicted molar refractivity (Wildman–Crippen MR) is 91.1 cm³/mol. The first kappa shape index (κ1) is 17.3. The van der Waals surface area contributed by atoms with Crippen molar-refractivity contribution >= 4 is 17.7 Å². The zero-order valence-corrected chi connectivity index (χ0v) is 14.5. The lowest BCUT2D eigenvalue weighted by atomic mass is 10.2. The maximum absolute atomic E-state index is 12.0. The van der Waals surface area contributed by atoms with Crippen LogP contribution < -0.4 is 10.1 Å². The molecule has 1 amide bonds. The fourth-order valence-corrected chi connectivity index (χ4v) is 2.94. The van der Waals surface area contributed by atoms with E-state index in [9.17, 15) is 4.79 Å². The van der Waals surface area contributed by atoms with Crippen molar-refractivity contribution in [2.75, 3.05) is 12.9 Å². The molecule has 124 valence electrons. The Hall–Kier alpha value is -2.02. The van der Waals surface area contributed by atoms with Gasteiger partial charge < -0.3 is 10.1 Å². The lowest BCUT2D eigenvalue weighted by Crippen LogP contribution is -2.35. The van der Waals surface area contributed by atoms with Crippen LogP contribution >= 0.6 is 11.8 Å². The molecule has 0 atom stereocenters. The van der Waals surface area contributed by atoms with Crippen LogP contribution in [0, 0.1) is 0 Å². The number of aromatic nitrogens is 3. The van der Waals surface area contributed by atoms with Crippen molar-refractivity contribution in [1.82, 2.24) is 20.1 Å². The molecule has 0 spiro atoms.